The SMILES string of the molecule is Fc1cccc(CNC2CCCc3occc32)c1. The zero-order valence-corrected chi connectivity index (χ0v) is 10.2. The van der Waals surface area contributed by atoms with E-state index in [0.717, 1.165) is 30.6 Å². The molecular formula is C15H16FNO. The van der Waals surface area contributed by atoms with Gasteiger partial charge in [0, 0.05) is 24.6 Å². The highest BCUT2D eigenvalue weighted by Gasteiger charge is 2.21. The largest absolute Gasteiger partial charge is 0.469 e. The smallest absolute Gasteiger partial charge is 0.123 e. The number of furan rings is 1. The van der Waals surface area contributed by atoms with Gasteiger partial charge in [0.15, 0.2) is 0 Å². The van der Waals surface area contributed by atoms with E-state index in [0.29, 0.717) is 12.6 Å². The highest BCUT2D eigenvalue weighted by Crippen LogP contribution is 2.30. The van der Waals surface area contributed by atoms with Crippen LogP contribution in [0.15, 0.2) is 41.0 Å². The average molecular weight is 245 g/mol. The normalized spacial score (nSPS) is 18.6. The van der Waals surface area contributed by atoms with Crippen molar-refractivity contribution in [2.75, 3.05) is 0 Å². The van der Waals surface area contributed by atoms with Crippen LogP contribution in [-0.2, 0) is 13.0 Å². The second kappa shape index (κ2) is 4.94. The molecule has 0 fully saturated rings. The van der Waals surface area contributed by atoms with E-state index in [-0.39, 0.29) is 5.82 Å². The molecule has 1 N–H and O–H groups in total. The van der Waals surface area contributed by atoms with E-state index >= 15 is 0 Å². The van der Waals surface area contributed by atoms with Crippen LogP contribution in [0.5, 0.6) is 0 Å². The standard InChI is InChI=1S/C15H16FNO/c16-12-4-1-3-11(9-12)10-17-14-5-2-6-15-13(14)7-8-18-15/h1,3-4,7-9,14,17H,2,5-6,10H2. The summed E-state index contributed by atoms with van der Waals surface area (Å²) in [5.41, 5.74) is 2.24. The van der Waals surface area contributed by atoms with Crippen molar-refractivity contribution in [3.63, 3.8) is 0 Å². The van der Waals surface area contributed by atoms with Gasteiger partial charge in [0.1, 0.15) is 11.6 Å². The molecule has 0 aliphatic heterocycles. The quantitative estimate of drug-likeness (QED) is 0.894. The first kappa shape index (κ1) is 11.5. The molecule has 0 amide bonds. The maximum Gasteiger partial charge on any atom is 0.123 e. The van der Waals surface area contributed by atoms with E-state index < -0.39 is 0 Å². The molecular weight excluding hydrogens is 229 g/mol. The highest BCUT2D eigenvalue weighted by molar-refractivity contribution is 5.24. The van der Waals surface area contributed by atoms with E-state index in [2.05, 4.69) is 5.32 Å². The Hall–Kier alpha value is -1.61. The minimum atomic E-state index is -0.179. The predicted molar refractivity (Wildman–Crippen MR) is 67.6 cm³/mol. The Morgan fingerprint density at radius 2 is 2.28 bits per heavy atom. The lowest BCUT2D eigenvalue weighted by atomic mass is 9.93. The minimum Gasteiger partial charge on any atom is -0.469 e. The Morgan fingerprint density at radius 3 is 3.17 bits per heavy atom. The third-order valence-electron chi connectivity index (χ3n) is 3.49. The van der Waals surface area contributed by atoms with E-state index in [1.54, 1.807) is 18.4 Å². The Morgan fingerprint density at radius 1 is 1.33 bits per heavy atom. The van der Waals surface area contributed by atoms with Gasteiger partial charge in [-0.05, 0) is 36.6 Å². The highest BCUT2D eigenvalue weighted by atomic mass is 19.1. The maximum absolute atomic E-state index is 13.1. The second-order valence-corrected chi connectivity index (χ2v) is 4.75. The van der Waals surface area contributed by atoms with Crippen LogP contribution in [0.25, 0.3) is 0 Å². The Kier molecular flexibility index (Phi) is 3.15. The topological polar surface area (TPSA) is 25.2 Å². The average Bonchev–Trinajstić information content (AvgIpc) is 2.85. The van der Waals surface area contributed by atoms with Crippen LogP contribution >= 0.6 is 0 Å². The fourth-order valence-electron chi connectivity index (χ4n) is 2.59. The third-order valence-corrected chi connectivity index (χ3v) is 3.49. The third kappa shape index (κ3) is 2.31. The predicted octanol–water partition coefficient (Wildman–Crippen LogP) is 3.59. The summed E-state index contributed by atoms with van der Waals surface area (Å²) in [4.78, 5) is 0. The van der Waals surface area contributed by atoms with Crippen LogP contribution in [0.1, 0.15) is 35.8 Å². The zero-order chi connectivity index (χ0) is 12.4. The number of hydrogen-bond donors (Lipinski definition) is 1. The Bertz CT molecular complexity index is 535. The molecule has 2 nitrogen and oxygen atoms in total. The summed E-state index contributed by atoms with van der Waals surface area (Å²) in [5.74, 6) is 0.917. The molecule has 2 aromatic rings. The zero-order valence-electron chi connectivity index (χ0n) is 10.2. The van der Waals surface area contributed by atoms with Crippen LogP contribution in [-0.4, -0.2) is 0 Å². The molecule has 1 aliphatic rings. The van der Waals surface area contributed by atoms with Crippen molar-refractivity contribution in [1.82, 2.24) is 5.32 Å². The van der Waals surface area contributed by atoms with E-state index in [1.165, 1.54) is 11.6 Å². The molecule has 1 aromatic carbocycles. The van der Waals surface area contributed by atoms with E-state index in [1.807, 2.05) is 12.1 Å². The number of halogens is 1. The summed E-state index contributed by atoms with van der Waals surface area (Å²) >= 11 is 0. The lowest BCUT2D eigenvalue weighted by molar-refractivity contribution is 0.410. The van der Waals surface area contributed by atoms with Crippen molar-refractivity contribution in [3.05, 3.63) is 59.3 Å². The van der Waals surface area contributed by atoms with Crippen molar-refractivity contribution in [3.8, 4) is 0 Å². The van der Waals surface area contributed by atoms with Crippen molar-refractivity contribution in [2.24, 2.45) is 0 Å². The van der Waals surface area contributed by atoms with Gasteiger partial charge in [-0.25, -0.2) is 4.39 Å². The second-order valence-electron chi connectivity index (χ2n) is 4.75. The molecule has 1 unspecified atom stereocenters. The molecule has 1 heterocycles. The minimum absolute atomic E-state index is 0.179. The van der Waals surface area contributed by atoms with Crippen molar-refractivity contribution in [1.29, 1.82) is 0 Å². The maximum atomic E-state index is 13.1. The molecule has 1 aliphatic carbocycles. The summed E-state index contributed by atoms with van der Waals surface area (Å²) in [6.45, 7) is 0.688. The van der Waals surface area contributed by atoms with Gasteiger partial charge < -0.3 is 9.73 Å². The molecule has 0 saturated heterocycles. The van der Waals surface area contributed by atoms with Gasteiger partial charge in [0.25, 0.3) is 0 Å². The number of nitrogens with one attached hydrogen (secondary N) is 1. The fourth-order valence-corrected chi connectivity index (χ4v) is 2.59. The van der Waals surface area contributed by atoms with Gasteiger partial charge >= 0.3 is 0 Å². The molecule has 94 valence electrons. The monoisotopic (exact) mass is 245 g/mol. The Labute approximate surface area is 106 Å². The first-order chi connectivity index (χ1) is 8.83. The van der Waals surface area contributed by atoms with Crippen molar-refractivity contribution in [2.45, 2.75) is 31.8 Å². The summed E-state index contributed by atoms with van der Waals surface area (Å²) in [6, 6.07) is 9.10. The van der Waals surface area contributed by atoms with Crippen LogP contribution in [0.3, 0.4) is 0 Å². The molecule has 0 saturated carbocycles. The summed E-state index contributed by atoms with van der Waals surface area (Å²) in [7, 11) is 0. The number of aryl methyl sites for hydroxylation is 1. The molecule has 1 atom stereocenters. The lowest BCUT2D eigenvalue weighted by Crippen LogP contribution is -2.24. The van der Waals surface area contributed by atoms with E-state index in [4.69, 9.17) is 4.42 Å². The number of rotatable bonds is 3. The fraction of sp³-hybridized carbons (Fsp3) is 0.333. The molecule has 3 heteroatoms. The number of hydrogen-bond acceptors (Lipinski definition) is 2. The van der Waals surface area contributed by atoms with Gasteiger partial charge in [-0.15, -0.1) is 0 Å². The summed E-state index contributed by atoms with van der Waals surface area (Å²) in [6.07, 6.45) is 5.04. The number of fused-ring (bicyclic) bond motifs is 1. The van der Waals surface area contributed by atoms with Crippen LogP contribution in [0.2, 0.25) is 0 Å². The molecule has 0 spiro atoms. The first-order valence-corrected chi connectivity index (χ1v) is 6.37. The molecule has 0 radical (unpaired) electrons. The van der Waals surface area contributed by atoms with Crippen LogP contribution < -0.4 is 5.32 Å². The van der Waals surface area contributed by atoms with Gasteiger partial charge in [-0.2, -0.15) is 0 Å². The van der Waals surface area contributed by atoms with Crippen LogP contribution in [0, 0.1) is 5.82 Å². The van der Waals surface area contributed by atoms with Gasteiger partial charge in [0.05, 0.1) is 6.26 Å². The van der Waals surface area contributed by atoms with Crippen molar-refractivity contribution >= 4 is 0 Å². The Balaban J connectivity index is 1.68. The molecule has 1 aromatic heterocycles. The summed E-state index contributed by atoms with van der Waals surface area (Å²) < 4.78 is 18.5. The van der Waals surface area contributed by atoms with Crippen LogP contribution in [0.4, 0.5) is 4.39 Å². The van der Waals surface area contributed by atoms with Crippen molar-refractivity contribution < 1.29 is 8.81 Å². The molecule has 0 bridgehead atoms. The first-order valence-electron chi connectivity index (χ1n) is 6.37. The van der Waals surface area contributed by atoms with Gasteiger partial charge in [-0.1, -0.05) is 12.1 Å². The molecule has 18 heavy (non-hydrogen) atoms. The summed E-state index contributed by atoms with van der Waals surface area (Å²) in [5, 5.41) is 3.48. The van der Waals surface area contributed by atoms with E-state index in [9.17, 15) is 4.39 Å². The van der Waals surface area contributed by atoms with Gasteiger partial charge in [-0.3, -0.25) is 0 Å². The van der Waals surface area contributed by atoms with Gasteiger partial charge in [0.2, 0.25) is 0 Å². The molecule has 3 rings (SSSR count). The lowest BCUT2D eigenvalue weighted by Gasteiger charge is -2.22. The number of benzene rings is 1.